The molecule has 4 rings (SSSR count). The lowest BCUT2D eigenvalue weighted by molar-refractivity contribution is 0.226. The zero-order valence-corrected chi connectivity index (χ0v) is 16.9. The third kappa shape index (κ3) is 3.79. The molecule has 0 fully saturated rings. The molecular formula is C23H25N5O. The lowest BCUT2D eigenvalue weighted by Gasteiger charge is -2.35. The number of hydrogen-bond acceptors (Lipinski definition) is 6. The third-order valence-corrected chi connectivity index (χ3v) is 5.07. The van der Waals surface area contributed by atoms with Gasteiger partial charge in [-0.2, -0.15) is 0 Å². The minimum Gasteiger partial charge on any atom is -0.376 e. The lowest BCUT2D eigenvalue weighted by Crippen LogP contribution is -2.38. The number of anilines is 4. The van der Waals surface area contributed by atoms with E-state index in [9.17, 15) is 5.11 Å². The highest BCUT2D eigenvalue weighted by atomic mass is 16.3. The predicted octanol–water partition coefficient (Wildman–Crippen LogP) is 3.99. The van der Waals surface area contributed by atoms with Crippen LogP contribution in [-0.4, -0.2) is 41.9 Å². The van der Waals surface area contributed by atoms with Gasteiger partial charge in [-0.1, -0.05) is 30.3 Å². The third-order valence-electron chi connectivity index (χ3n) is 5.07. The van der Waals surface area contributed by atoms with Crippen molar-refractivity contribution in [1.82, 2.24) is 9.97 Å². The molecule has 3 aromatic rings. The maximum atomic E-state index is 11.0. The standard InChI is InChI=1S/C23H25N5O/c1-4-28-20-13-22(26-21-11-10-18(15-25-21)27(2)3)24-14-17(20)12-19(23(28)29)16-8-6-5-7-9-16/h5-15,23,29H,4H2,1-3H3,(H,24,25,26). The van der Waals surface area contributed by atoms with Gasteiger partial charge < -0.3 is 20.2 Å². The van der Waals surface area contributed by atoms with Gasteiger partial charge in [-0.15, -0.1) is 0 Å². The molecule has 1 aliphatic rings. The summed E-state index contributed by atoms with van der Waals surface area (Å²) in [5, 5.41) is 14.2. The number of aliphatic hydroxyl groups is 1. The minimum atomic E-state index is -0.706. The number of likely N-dealkylation sites (N-methyl/N-ethyl adjacent to an activating group) is 1. The molecule has 2 N–H and O–H groups in total. The fourth-order valence-electron chi connectivity index (χ4n) is 3.49. The summed E-state index contributed by atoms with van der Waals surface area (Å²) in [6.07, 6.45) is 4.96. The van der Waals surface area contributed by atoms with Crippen molar-refractivity contribution in [3.05, 3.63) is 72.1 Å². The molecule has 0 saturated carbocycles. The Labute approximate surface area is 171 Å². The average molecular weight is 387 g/mol. The average Bonchev–Trinajstić information content (AvgIpc) is 2.74. The number of aromatic nitrogens is 2. The van der Waals surface area contributed by atoms with Gasteiger partial charge in [-0.25, -0.2) is 9.97 Å². The highest BCUT2D eigenvalue weighted by Gasteiger charge is 2.27. The quantitative estimate of drug-likeness (QED) is 0.690. The molecule has 0 amide bonds. The van der Waals surface area contributed by atoms with Crippen LogP contribution in [0.25, 0.3) is 11.6 Å². The number of rotatable bonds is 5. The second kappa shape index (κ2) is 7.93. The summed E-state index contributed by atoms with van der Waals surface area (Å²) in [6.45, 7) is 2.72. The topological polar surface area (TPSA) is 64.5 Å². The monoisotopic (exact) mass is 387 g/mol. The molecule has 6 heteroatoms. The molecule has 29 heavy (non-hydrogen) atoms. The van der Waals surface area contributed by atoms with E-state index in [4.69, 9.17) is 0 Å². The van der Waals surface area contributed by atoms with Crippen LogP contribution in [0.5, 0.6) is 0 Å². The summed E-state index contributed by atoms with van der Waals surface area (Å²) in [7, 11) is 3.97. The predicted molar refractivity (Wildman–Crippen MR) is 119 cm³/mol. The van der Waals surface area contributed by atoms with E-state index in [1.54, 1.807) is 0 Å². The maximum Gasteiger partial charge on any atom is 0.153 e. The van der Waals surface area contributed by atoms with Crippen LogP contribution < -0.4 is 15.1 Å². The Morgan fingerprint density at radius 2 is 1.79 bits per heavy atom. The first kappa shape index (κ1) is 19.0. The molecule has 0 bridgehead atoms. The van der Waals surface area contributed by atoms with Crippen LogP contribution in [0, 0.1) is 0 Å². The second-order valence-corrected chi connectivity index (χ2v) is 7.17. The van der Waals surface area contributed by atoms with Gasteiger partial charge in [0.15, 0.2) is 6.23 Å². The molecule has 1 atom stereocenters. The summed E-state index contributed by atoms with van der Waals surface area (Å²) in [5.74, 6) is 1.42. The second-order valence-electron chi connectivity index (χ2n) is 7.17. The number of pyridine rings is 2. The van der Waals surface area contributed by atoms with Crippen LogP contribution in [0.4, 0.5) is 23.0 Å². The number of nitrogens with zero attached hydrogens (tertiary/aromatic N) is 4. The molecule has 0 aliphatic carbocycles. The van der Waals surface area contributed by atoms with Crippen LogP contribution in [0.1, 0.15) is 18.1 Å². The Kier molecular flexibility index (Phi) is 5.18. The van der Waals surface area contributed by atoms with E-state index in [1.165, 1.54) is 0 Å². The van der Waals surface area contributed by atoms with Gasteiger partial charge in [-0.3, -0.25) is 0 Å². The molecule has 6 nitrogen and oxygen atoms in total. The SMILES string of the molecule is CCN1c2cc(Nc3ccc(N(C)C)cn3)ncc2C=C(c2ccccc2)C1O. The van der Waals surface area contributed by atoms with Crippen LogP contribution in [0.3, 0.4) is 0 Å². The zero-order chi connectivity index (χ0) is 20.4. The minimum absolute atomic E-state index is 0.678. The van der Waals surface area contributed by atoms with E-state index < -0.39 is 6.23 Å². The molecule has 1 aromatic carbocycles. The van der Waals surface area contributed by atoms with Crippen molar-refractivity contribution in [2.24, 2.45) is 0 Å². The Balaban J connectivity index is 1.65. The molecule has 0 saturated heterocycles. The van der Waals surface area contributed by atoms with Gasteiger partial charge in [0.2, 0.25) is 0 Å². The van der Waals surface area contributed by atoms with E-state index in [2.05, 4.69) is 15.3 Å². The molecule has 0 spiro atoms. The van der Waals surface area contributed by atoms with Crippen LogP contribution in [-0.2, 0) is 0 Å². The first-order chi connectivity index (χ1) is 14.1. The largest absolute Gasteiger partial charge is 0.376 e. The fourth-order valence-corrected chi connectivity index (χ4v) is 3.49. The van der Waals surface area contributed by atoms with E-state index >= 15 is 0 Å². The smallest absolute Gasteiger partial charge is 0.153 e. The first-order valence-electron chi connectivity index (χ1n) is 9.69. The lowest BCUT2D eigenvalue weighted by atomic mass is 9.96. The van der Waals surface area contributed by atoms with Gasteiger partial charge in [0.25, 0.3) is 0 Å². The maximum absolute atomic E-state index is 11.0. The summed E-state index contributed by atoms with van der Waals surface area (Å²) < 4.78 is 0. The van der Waals surface area contributed by atoms with Gasteiger partial charge in [-0.05, 0) is 30.7 Å². The van der Waals surface area contributed by atoms with E-state index in [1.807, 2.05) is 97.8 Å². The summed E-state index contributed by atoms with van der Waals surface area (Å²) in [6, 6.07) is 15.9. The highest BCUT2D eigenvalue weighted by molar-refractivity contribution is 5.92. The number of fused-ring (bicyclic) bond motifs is 1. The molecule has 0 radical (unpaired) electrons. The Morgan fingerprint density at radius 3 is 2.45 bits per heavy atom. The van der Waals surface area contributed by atoms with Gasteiger partial charge in [0.05, 0.1) is 17.6 Å². The van der Waals surface area contributed by atoms with Crippen molar-refractivity contribution in [2.75, 3.05) is 35.8 Å². The van der Waals surface area contributed by atoms with E-state index in [-0.39, 0.29) is 0 Å². The van der Waals surface area contributed by atoms with Gasteiger partial charge in [0.1, 0.15) is 11.6 Å². The molecule has 1 unspecified atom stereocenters. The van der Waals surface area contributed by atoms with Crippen molar-refractivity contribution < 1.29 is 5.11 Å². The Morgan fingerprint density at radius 1 is 1.03 bits per heavy atom. The van der Waals surface area contributed by atoms with Crippen LogP contribution in [0.2, 0.25) is 0 Å². The molecular weight excluding hydrogens is 362 g/mol. The highest BCUT2D eigenvalue weighted by Crippen LogP contribution is 2.37. The molecule has 148 valence electrons. The molecule has 1 aliphatic heterocycles. The molecule has 3 heterocycles. The van der Waals surface area contributed by atoms with Crippen molar-refractivity contribution in [3.63, 3.8) is 0 Å². The first-order valence-corrected chi connectivity index (χ1v) is 9.69. The van der Waals surface area contributed by atoms with Crippen molar-refractivity contribution in [3.8, 4) is 0 Å². The Bertz CT molecular complexity index is 1020. The van der Waals surface area contributed by atoms with Gasteiger partial charge >= 0.3 is 0 Å². The number of hydrogen-bond donors (Lipinski definition) is 2. The molecule has 2 aromatic heterocycles. The number of benzene rings is 1. The summed E-state index contributed by atoms with van der Waals surface area (Å²) in [4.78, 5) is 13.0. The number of nitrogens with one attached hydrogen (secondary N) is 1. The fraction of sp³-hybridized carbons (Fsp3) is 0.217. The Hall–Kier alpha value is -3.38. The van der Waals surface area contributed by atoms with Crippen LogP contribution in [0.15, 0.2) is 60.9 Å². The van der Waals surface area contributed by atoms with Crippen LogP contribution >= 0.6 is 0 Å². The summed E-state index contributed by atoms with van der Waals surface area (Å²) in [5.41, 5.74) is 4.85. The van der Waals surface area contributed by atoms with E-state index in [0.717, 1.165) is 33.9 Å². The van der Waals surface area contributed by atoms with Crippen molar-refractivity contribution in [1.29, 1.82) is 0 Å². The van der Waals surface area contributed by atoms with Crippen molar-refractivity contribution in [2.45, 2.75) is 13.2 Å². The number of aliphatic hydroxyl groups excluding tert-OH is 1. The van der Waals surface area contributed by atoms with Gasteiger partial charge in [0, 0.05) is 44.0 Å². The van der Waals surface area contributed by atoms with E-state index in [0.29, 0.717) is 12.4 Å². The normalized spacial score (nSPS) is 15.5. The zero-order valence-electron chi connectivity index (χ0n) is 16.9. The van der Waals surface area contributed by atoms with Crippen molar-refractivity contribution >= 4 is 34.7 Å². The summed E-state index contributed by atoms with van der Waals surface area (Å²) >= 11 is 0.